The number of Topliss-reactive ketones (excluding diaryl/α,β-unsaturated/α-hetero) is 2. The number of carbonyl (C=O) groups excluding carboxylic acids is 3. The Balaban J connectivity index is 1.70. The number of benzene rings is 2. The summed E-state index contributed by atoms with van der Waals surface area (Å²) in [6.45, 7) is 0. The van der Waals surface area contributed by atoms with Crippen molar-refractivity contribution in [1.29, 1.82) is 0 Å². The van der Waals surface area contributed by atoms with Crippen LogP contribution >= 0.6 is 0 Å². The van der Waals surface area contributed by atoms with Crippen molar-refractivity contribution in [2.45, 2.75) is 24.5 Å². The van der Waals surface area contributed by atoms with Gasteiger partial charge in [-0.1, -0.05) is 42.5 Å². The van der Waals surface area contributed by atoms with E-state index >= 15 is 0 Å². The summed E-state index contributed by atoms with van der Waals surface area (Å²) in [7, 11) is 6.83. The van der Waals surface area contributed by atoms with Crippen LogP contribution < -0.4 is 10.6 Å². The minimum absolute atomic E-state index is 0.0234. The van der Waals surface area contributed by atoms with Gasteiger partial charge in [-0.25, -0.2) is 0 Å². The Morgan fingerprint density at radius 2 is 1.71 bits per heavy atom. The summed E-state index contributed by atoms with van der Waals surface area (Å²) in [5, 5.41) is 45.5. The first-order valence-electron chi connectivity index (χ1n) is 13.2. The molecule has 6 N–H and O–H groups in total. The molecule has 0 aromatic heterocycles. The maximum Gasteiger partial charge on any atom is 0.255 e. The van der Waals surface area contributed by atoms with E-state index in [2.05, 4.69) is 0 Å². The molecule has 0 heterocycles. The maximum absolute atomic E-state index is 14.1. The van der Waals surface area contributed by atoms with Crippen LogP contribution in [0.25, 0.3) is 12.2 Å². The number of amides is 1. The van der Waals surface area contributed by atoms with Gasteiger partial charge in [0.25, 0.3) is 5.91 Å². The van der Waals surface area contributed by atoms with Crippen molar-refractivity contribution in [3.05, 3.63) is 81.3 Å². The highest BCUT2D eigenvalue weighted by Crippen LogP contribution is 2.53. The van der Waals surface area contributed by atoms with Crippen molar-refractivity contribution in [2.75, 3.05) is 33.1 Å². The van der Waals surface area contributed by atoms with Gasteiger partial charge in [-0.2, -0.15) is 0 Å². The van der Waals surface area contributed by atoms with Gasteiger partial charge >= 0.3 is 0 Å². The van der Waals surface area contributed by atoms with Crippen LogP contribution in [0.1, 0.15) is 33.5 Å². The molecule has 0 saturated carbocycles. The van der Waals surface area contributed by atoms with E-state index in [1.165, 1.54) is 4.90 Å². The van der Waals surface area contributed by atoms with E-state index in [0.29, 0.717) is 16.8 Å². The van der Waals surface area contributed by atoms with Crippen molar-refractivity contribution >= 4 is 35.3 Å². The Bertz CT molecular complexity index is 1570. The number of ketones is 2. The standard InChI is InChI=1S/C31H33N3O7/c1-33(2)20-14-16(11-10-15-8-6-5-7-9-15)25(35)22-18(20)12-17-13-19-24(34(3)4)27(37)23(30(32)40)29(39)31(19,41)28(38)21(17)26(22)36/h5-11,14,17,19,24,35,37-38,41H,12-13H2,1-4H3,(H2,32,40)/b11-10+/t17-,19-,24+,31+/m1/s1. The van der Waals surface area contributed by atoms with Crippen LogP contribution in [0, 0.1) is 11.8 Å². The summed E-state index contributed by atoms with van der Waals surface area (Å²) in [5.41, 5.74) is 4.21. The normalized spacial score (nSPS) is 25.9. The zero-order valence-electron chi connectivity index (χ0n) is 23.3. The predicted octanol–water partition coefficient (Wildman–Crippen LogP) is 2.36. The third kappa shape index (κ3) is 4.13. The number of aliphatic hydroxyl groups is 3. The van der Waals surface area contributed by atoms with Crippen LogP contribution in [-0.4, -0.2) is 82.6 Å². The molecule has 0 radical (unpaired) electrons. The number of phenolic OH excluding ortho intramolecular Hbond substituents is 1. The Kier molecular flexibility index (Phi) is 6.79. The van der Waals surface area contributed by atoms with E-state index in [9.17, 15) is 34.8 Å². The second kappa shape index (κ2) is 9.90. The van der Waals surface area contributed by atoms with Crippen LogP contribution in [-0.2, 0) is 16.0 Å². The number of hydrogen-bond donors (Lipinski definition) is 5. The van der Waals surface area contributed by atoms with E-state index < -0.39 is 58.0 Å². The number of carbonyl (C=O) groups is 3. The molecule has 3 aliphatic rings. The molecule has 0 spiro atoms. The fourth-order valence-electron chi connectivity index (χ4n) is 6.60. The van der Waals surface area contributed by atoms with E-state index in [1.54, 1.807) is 32.3 Å². The summed E-state index contributed by atoms with van der Waals surface area (Å²) in [6.07, 6.45) is 3.75. The van der Waals surface area contributed by atoms with Crippen LogP contribution in [0.5, 0.6) is 5.75 Å². The molecule has 10 heteroatoms. The molecule has 0 bridgehead atoms. The van der Waals surface area contributed by atoms with Crippen molar-refractivity contribution in [3.8, 4) is 5.75 Å². The lowest BCUT2D eigenvalue weighted by molar-refractivity contribution is -0.148. The molecule has 4 atom stereocenters. The Morgan fingerprint density at radius 3 is 2.29 bits per heavy atom. The second-order valence-electron chi connectivity index (χ2n) is 11.3. The van der Waals surface area contributed by atoms with Crippen LogP contribution in [0.3, 0.4) is 0 Å². The molecule has 0 fully saturated rings. The van der Waals surface area contributed by atoms with E-state index in [-0.39, 0.29) is 29.7 Å². The smallest absolute Gasteiger partial charge is 0.255 e. The topological polar surface area (TPSA) is 165 Å². The van der Waals surface area contributed by atoms with Gasteiger partial charge in [-0.3, -0.25) is 19.3 Å². The van der Waals surface area contributed by atoms with E-state index in [0.717, 1.165) is 5.56 Å². The molecular weight excluding hydrogens is 526 g/mol. The number of fused-ring (bicyclic) bond motifs is 3. The SMILES string of the molecule is CN(C)c1cc(/C=C/c2ccccc2)c(O)c2c1C[C@@H]1C[C@@H]3[C@H](N(C)C)C(O)=C(C(N)=O)C(=O)[C@@]3(O)C(O)=C1C2=O. The lowest BCUT2D eigenvalue weighted by Gasteiger charge is -2.50. The molecule has 0 unspecified atom stereocenters. The van der Waals surface area contributed by atoms with Crippen LogP contribution in [0.4, 0.5) is 5.69 Å². The molecule has 1 amide bonds. The molecule has 41 heavy (non-hydrogen) atoms. The van der Waals surface area contributed by atoms with Crippen LogP contribution in [0.15, 0.2) is 59.1 Å². The number of nitrogens with zero attached hydrogens (tertiary/aromatic N) is 2. The molecule has 3 aliphatic carbocycles. The van der Waals surface area contributed by atoms with Gasteiger partial charge in [0.05, 0.1) is 11.6 Å². The Hall–Kier alpha value is -4.41. The maximum atomic E-state index is 14.1. The monoisotopic (exact) mass is 559 g/mol. The number of rotatable bonds is 5. The molecule has 10 nitrogen and oxygen atoms in total. The van der Waals surface area contributed by atoms with Crippen molar-refractivity contribution < 1.29 is 34.8 Å². The first-order valence-corrected chi connectivity index (χ1v) is 13.2. The van der Waals surface area contributed by atoms with Gasteiger partial charge in [0, 0.05) is 36.8 Å². The number of allylic oxidation sites excluding steroid dienone is 1. The third-order valence-corrected chi connectivity index (χ3v) is 8.47. The highest BCUT2D eigenvalue weighted by atomic mass is 16.3. The number of aliphatic hydroxyl groups excluding tert-OH is 2. The number of phenols is 1. The summed E-state index contributed by atoms with van der Waals surface area (Å²) in [5.74, 6) is -6.70. The zero-order valence-corrected chi connectivity index (χ0v) is 23.3. The van der Waals surface area contributed by atoms with Gasteiger partial charge in [-0.15, -0.1) is 0 Å². The minimum atomic E-state index is -2.67. The third-order valence-electron chi connectivity index (χ3n) is 8.47. The van der Waals surface area contributed by atoms with Gasteiger partial charge in [0.2, 0.25) is 5.78 Å². The second-order valence-corrected chi connectivity index (χ2v) is 11.3. The molecule has 0 aliphatic heterocycles. The van der Waals surface area contributed by atoms with Crippen molar-refractivity contribution in [1.82, 2.24) is 4.90 Å². The number of nitrogens with two attached hydrogens (primary N) is 1. The summed E-state index contributed by atoms with van der Waals surface area (Å²) in [4.78, 5) is 43.1. The number of likely N-dealkylation sites (N-methyl/N-ethyl adjacent to an activating group) is 1. The molecule has 2 aromatic carbocycles. The number of anilines is 1. The predicted molar refractivity (Wildman–Crippen MR) is 153 cm³/mol. The van der Waals surface area contributed by atoms with E-state index in [1.807, 2.05) is 49.3 Å². The van der Waals surface area contributed by atoms with Gasteiger partial charge in [0.1, 0.15) is 22.8 Å². The average Bonchev–Trinajstić information content (AvgIpc) is 2.90. The van der Waals surface area contributed by atoms with Crippen LogP contribution in [0.2, 0.25) is 0 Å². The largest absolute Gasteiger partial charge is 0.510 e. The number of primary amides is 1. The first-order chi connectivity index (χ1) is 19.3. The summed E-state index contributed by atoms with van der Waals surface area (Å²) in [6, 6.07) is 10.2. The molecular formula is C31H33N3O7. The van der Waals surface area contributed by atoms with Gasteiger partial charge < -0.3 is 31.1 Å². The fraction of sp³-hybridized carbons (Fsp3) is 0.323. The lowest BCUT2D eigenvalue weighted by atomic mass is 9.58. The number of aromatic hydroxyl groups is 1. The fourth-order valence-corrected chi connectivity index (χ4v) is 6.60. The molecule has 5 rings (SSSR count). The minimum Gasteiger partial charge on any atom is -0.510 e. The zero-order chi connectivity index (χ0) is 30.0. The summed E-state index contributed by atoms with van der Waals surface area (Å²) >= 11 is 0. The van der Waals surface area contributed by atoms with Gasteiger partial charge in [0.15, 0.2) is 11.4 Å². The first kappa shape index (κ1) is 28.1. The Labute approximate surface area is 237 Å². The van der Waals surface area contributed by atoms with Crippen molar-refractivity contribution in [3.63, 3.8) is 0 Å². The number of hydrogen-bond acceptors (Lipinski definition) is 9. The quantitative estimate of drug-likeness (QED) is 0.273. The highest BCUT2D eigenvalue weighted by Gasteiger charge is 2.63. The highest BCUT2D eigenvalue weighted by molar-refractivity contribution is 6.25. The molecule has 2 aromatic rings. The summed E-state index contributed by atoms with van der Waals surface area (Å²) < 4.78 is 0. The van der Waals surface area contributed by atoms with E-state index in [4.69, 9.17) is 5.73 Å². The van der Waals surface area contributed by atoms with Gasteiger partial charge in [-0.05, 0) is 50.0 Å². The molecule has 0 saturated heterocycles. The lowest BCUT2D eigenvalue weighted by Crippen LogP contribution is -2.63. The average molecular weight is 560 g/mol. The molecule has 214 valence electrons. The Morgan fingerprint density at radius 1 is 1.05 bits per heavy atom. The van der Waals surface area contributed by atoms with Crippen molar-refractivity contribution in [2.24, 2.45) is 17.6 Å².